The van der Waals surface area contributed by atoms with Crippen LogP contribution in [-0.4, -0.2) is 28.6 Å². The Kier molecular flexibility index (Phi) is 5.81. The summed E-state index contributed by atoms with van der Waals surface area (Å²) in [5.41, 5.74) is -1.17. The smallest absolute Gasteiger partial charge is 0.320 e. The van der Waals surface area contributed by atoms with Gasteiger partial charge in [-0.05, 0) is 38.2 Å². The third-order valence-electron chi connectivity index (χ3n) is 2.45. The Morgan fingerprint density at radius 1 is 1.25 bits per heavy atom. The van der Waals surface area contributed by atoms with Gasteiger partial charge in [0.05, 0.1) is 15.5 Å². The lowest BCUT2D eigenvalue weighted by Gasteiger charge is -2.12. The maximum Gasteiger partial charge on any atom is 0.417 e. The van der Waals surface area contributed by atoms with Crippen molar-refractivity contribution >= 4 is 21.6 Å². The molecule has 4 nitrogen and oxygen atoms in total. The van der Waals surface area contributed by atoms with Crippen molar-refractivity contribution in [3.63, 3.8) is 0 Å². The summed E-state index contributed by atoms with van der Waals surface area (Å²) < 4.78 is 63.9. The van der Waals surface area contributed by atoms with Gasteiger partial charge in [0.15, 0.2) is 0 Å². The second-order valence-electron chi connectivity index (χ2n) is 3.99. The summed E-state index contributed by atoms with van der Waals surface area (Å²) in [5.74, 6) is 0. The first-order chi connectivity index (χ1) is 9.18. The van der Waals surface area contributed by atoms with Gasteiger partial charge in [-0.15, -0.1) is 0 Å². The Bertz CT molecular complexity index is 561. The molecule has 1 aromatic carbocycles. The highest BCUT2D eigenvalue weighted by Gasteiger charge is 2.34. The maximum absolute atomic E-state index is 12.7. The molecule has 1 rings (SSSR count). The van der Waals surface area contributed by atoms with Crippen molar-refractivity contribution in [3.8, 4) is 0 Å². The van der Waals surface area contributed by atoms with E-state index in [4.69, 9.17) is 11.6 Å². The molecule has 0 saturated carbocycles. The van der Waals surface area contributed by atoms with Crippen LogP contribution in [0.5, 0.6) is 0 Å². The molecule has 20 heavy (non-hydrogen) atoms. The number of sulfonamides is 1. The van der Waals surface area contributed by atoms with E-state index in [1.165, 1.54) is 0 Å². The molecule has 0 aliphatic heterocycles. The quantitative estimate of drug-likeness (QED) is 0.787. The zero-order valence-electron chi connectivity index (χ0n) is 10.6. The van der Waals surface area contributed by atoms with Crippen LogP contribution in [0.1, 0.15) is 12.0 Å². The molecule has 0 unspecified atom stereocenters. The second kappa shape index (κ2) is 6.75. The third kappa shape index (κ3) is 4.62. The van der Waals surface area contributed by atoms with E-state index in [1.807, 2.05) is 0 Å². The van der Waals surface area contributed by atoms with E-state index in [0.717, 1.165) is 12.1 Å². The van der Waals surface area contributed by atoms with Crippen LogP contribution >= 0.6 is 11.6 Å². The van der Waals surface area contributed by atoms with Crippen molar-refractivity contribution in [3.05, 3.63) is 28.8 Å². The van der Waals surface area contributed by atoms with E-state index in [-0.39, 0.29) is 6.54 Å². The highest BCUT2D eigenvalue weighted by atomic mass is 35.5. The van der Waals surface area contributed by atoms with Gasteiger partial charge in [-0.2, -0.15) is 13.2 Å². The summed E-state index contributed by atoms with van der Waals surface area (Å²) >= 11 is 5.43. The van der Waals surface area contributed by atoms with Crippen molar-refractivity contribution < 1.29 is 21.6 Å². The van der Waals surface area contributed by atoms with Crippen LogP contribution in [0.4, 0.5) is 13.2 Å². The van der Waals surface area contributed by atoms with Gasteiger partial charge < -0.3 is 5.32 Å². The van der Waals surface area contributed by atoms with Gasteiger partial charge in [-0.3, -0.25) is 0 Å². The predicted molar refractivity (Wildman–Crippen MR) is 70.2 cm³/mol. The predicted octanol–water partition coefficient (Wildman–Crippen LogP) is 2.25. The summed E-state index contributed by atoms with van der Waals surface area (Å²) in [5, 5.41) is 2.29. The van der Waals surface area contributed by atoms with Crippen LogP contribution in [0.15, 0.2) is 23.1 Å². The highest BCUT2D eigenvalue weighted by molar-refractivity contribution is 7.89. The molecule has 0 bridgehead atoms. The van der Waals surface area contributed by atoms with Gasteiger partial charge in [-0.1, -0.05) is 11.6 Å². The van der Waals surface area contributed by atoms with Crippen LogP contribution < -0.4 is 10.0 Å². The number of alkyl halides is 3. The molecule has 0 atom stereocenters. The number of hydrogen-bond acceptors (Lipinski definition) is 3. The van der Waals surface area contributed by atoms with Crippen molar-refractivity contribution in [2.75, 3.05) is 20.1 Å². The minimum Gasteiger partial charge on any atom is -0.320 e. The maximum atomic E-state index is 12.7. The van der Waals surface area contributed by atoms with E-state index in [2.05, 4.69) is 10.0 Å². The molecule has 0 aliphatic rings. The SMILES string of the molecule is CNCCCNS(=O)(=O)c1ccc(Cl)c(C(F)(F)F)c1. The molecule has 0 fully saturated rings. The standard InChI is InChI=1S/C11H14ClF3N2O2S/c1-16-5-2-6-17-20(18,19)8-3-4-10(12)9(7-8)11(13,14)15/h3-4,7,16-17H,2,5-6H2,1H3. The normalized spacial score (nSPS) is 12.7. The fourth-order valence-corrected chi connectivity index (χ4v) is 2.77. The van der Waals surface area contributed by atoms with Gasteiger partial charge in [0, 0.05) is 6.54 Å². The molecule has 0 spiro atoms. The van der Waals surface area contributed by atoms with Gasteiger partial charge in [0.1, 0.15) is 0 Å². The average molecular weight is 331 g/mol. The molecular formula is C11H14ClF3N2O2S. The lowest BCUT2D eigenvalue weighted by atomic mass is 10.2. The highest BCUT2D eigenvalue weighted by Crippen LogP contribution is 2.35. The van der Waals surface area contributed by atoms with Crippen LogP contribution in [0.3, 0.4) is 0 Å². The minimum absolute atomic E-state index is 0.132. The Balaban J connectivity index is 2.96. The van der Waals surface area contributed by atoms with Crippen LogP contribution in [0, 0.1) is 0 Å². The number of hydrogen-bond donors (Lipinski definition) is 2. The molecule has 0 aliphatic carbocycles. The summed E-state index contributed by atoms with van der Waals surface area (Å²) in [7, 11) is -2.27. The molecule has 114 valence electrons. The van der Waals surface area contributed by atoms with Crippen molar-refractivity contribution in [2.45, 2.75) is 17.5 Å². The summed E-state index contributed by atoms with van der Waals surface area (Å²) in [6.07, 6.45) is -4.18. The van der Waals surface area contributed by atoms with Gasteiger partial charge in [0.25, 0.3) is 0 Å². The molecule has 2 N–H and O–H groups in total. The first-order valence-corrected chi connectivity index (χ1v) is 7.55. The Morgan fingerprint density at radius 3 is 2.45 bits per heavy atom. The average Bonchev–Trinajstić information content (AvgIpc) is 2.33. The first kappa shape index (κ1) is 17.2. The Hall–Kier alpha value is -0.830. The number of rotatable bonds is 6. The molecule has 9 heteroatoms. The molecule has 0 amide bonds. The van der Waals surface area contributed by atoms with Crippen molar-refractivity contribution in [1.29, 1.82) is 0 Å². The van der Waals surface area contributed by atoms with E-state index >= 15 is 0 Å². The van der Waals surface area contributed by atoms with Crippen LogP contribution in [-0.2, 0) is 16.2 Å². The fourth-order valence-electron chi connectivity index (χ4n) is 1.44. The molecule has 0 saturated heterocycles. The monoisotopic (exact) mass is 330 g/mol. The van der Waals surface area contributed by atoms with Crippen molar-refractivity contribution in [2.24, 2.45) is 0 Å². The zero-order chi connectivity index (χ0) is 15.4. The lowest BCUT2D eigenvalue weighted by molar-refractivity contribution is -0.137. The van der Waals surface area contributed by atoms with Crippen molar-refractivity contribution in [1.82, 2.24) is 10.0 Å². The number of halogens is 4. The van der Waals surface area contributed by atoms with Crippen LogP contribution in [0.25, 0.3) is 0 Å². The van der Waals surface area contributed by atoms with E-state index < -0.39 is 31.7 Å². The van der Waals surface area contributed by atoms with E-state index in [9.17, 15) is 21.6 Å². The van der Waals surface area contributed by atoms with Gasteiger partial charge >= 0.3 is 6.18 Å². The summed E-state index contributed by atoms with van der Waals surface area (Å²) in [6.45, 7) is 0.726. The number of nitrogens with one attached hydrogen (secondary N) is 2. The van der Waals surface area contributed by atoms with Crippen LogP contribution in [0.2, 0.25) is 5.02 Å². The fraction of sp³-hybridized carbons (Fsp3) is 0.455. The summed E-state index contributed by atoms with van der Waals surface area (Å²) in [6, 6.07) is 2.49. The Morgan fingerprint density at radius 2 is 1.90 bits per heavy atom. The molecule has 0 radical (unpaired) electrons. The third-order valence-corrected chi connectivity index (χ3v) is 4.24. The molecular weight excluding hydrogens is 317 g/mol. The topological polar surface area (TPSA) is 58.2 Å². The molecule has 0 heterocycles. The van der Waals surface area contributed by atoms with Gasteiger partial charge in [-0.25, -0.2) is 13.1 Å². The molecule has 1 aromatic rings. The van der Waals surface area contributed by atoms with Gasteiger partial charge in [0.2, 0.25) is 10.0 Å². The lowest BCUT2D eigenvalue weighted by Crippen LogP contribution is -2.27. The van der Waals surface area contributed by atoms with E-state index in [1.54, 1.807) is 7.05 Å². The summed E-state index contributed by atoms with van der Waals surface area (Å²) in [4.78, 5) is -0.460. The molecule has 0 aromatic heterocycles. The second-order valence-corrected chi connectivity index (χ2v) is 6.17. The first-order valence-electron chi connectivity index (χ1n) is 5.69. The Labute approximate surface area is 120 Å². The zero-order valence-corrected chi connectivity index (χ0v) is 12.2. The minimum atomic E-state index is -4.70. The largest absolute Gasteiger partial charge is 0.417 e. The number of benzene rings is 1. The van der Waals surface area contributed by atoms with E-state index in [0.29, 0.717) is 19.0 Å².